The van der Waals surface area contributed by atoms with E-state index in [1.165, 1.54) is 4.85 Å². The number of rotatable bonds is 6. The van der Waals surface area contributed by atoms with Gasteiger partial charge in [0, 0.05) is 6.42 Å². The molecule has 2 heterocycles. The summed E-state index contributed by atoms with van der Waals surface area (Å²) in [5.41, 5.74) is 3.83. The van der Waals surface area contributed by atoms with E-state index in [2.05, 4.69) is 20.5 Å². The Bertz CT molecular complexity index is 1040. The molecule has 0 aliphatic heterocycles. The van der Waals surface area contributed by atoms with Crippen LogP contribution in [0.4, 0.5) is 0 Å². The molecular weight excluding hydrogens is 338 g/mol. The van der Waals surface area contributed by atoms with Crippen molar-refractivity contribution in [3.05, 3.63) is 70.3 Å². The first kappa shape index (κ1) is 15.5. The Morgan fingerprint density at radius 3 is 2.76 bits per heavy atom. The van der Waals surface area contributed by atoms with Crippen molar-refractivity contribution in [1.29, 1.82) is 0 Å². The first-order chi connectivity index (χ1) is 12.3. The van der Waals surface area contributed by atoms with E-state index in [1.54, 1.807) is 0 Å². The van der Waals surface area contributed by atoms with E-state index in [1.807, 2.05) is 48.5 Å². The van der Waals surface area contributed by atoms with E-state index in [0.29, 0.717) is 13.0 Å². The van der Waals surface area contributed by atoms with Crippen LogP contribution in [0.15, 0.2) is 53.1 Å². The molecule has 0 fully saturated rings. The number of benzene rings is 2. The van der Waals surface area contributed by atoms with Crippen LogP contribution in [-0.4, -0.2) is 25.3 Å². The SMILES string of the molecule is S=c1nc(CCc2ccc3c(c2)nnn3OCc2ccccc2)[nH]o1. The average Bonchev–Trinajstić information content (AvgIpc) is 3.24. The maximum Gasteiger partial charge on any atom is 0.314 e. The minimum Gasteiger partial charge on any atom is -0.390 e. The van der Waals surface area contributed by atoms with E-state index in [-0.39, 0.29) is 4.84 Å². The van der Waals surface area contributed by atoms with E-state index < -0.39 is 0 Å². The Labute approximate surface area is 148 Å². The van der Waals surface area contributed by atoms with Gasteiger partial charge < -0.3 is 9.36 Å². The zero-order chi connectivity index (χ0) is 17.1. The Balaban J connectivity index is 1.45. The lowest BCUT2D eigenvalue weighted by molar-refractivity contribution is 0.0752. The zero-order valence-electron chi connectivity index (χ0n) is 13.3. The molecule has 0 amide bonds. The summed E-state index contributed by atoms with van der Waals surface area (Å²) in [7, 11) is 0. The Morgan fingerprint density at radius 1 is 1.08 bits per heavy atom. The van der Waals surface area contributed by atoms with Gasteiger partial charge in [-0.3, -0.25) is 0 Å². The number of hydrogen-bond donors (Lipinski definition) is 1. The molecule has 0 aliphatic rings. The highest BCUT2D eigenvalue weighted by Crippen LogP contribution is 2.14. The Morgan fingerprint density at radius 2 is 1.96 bits per heavy atom. The molecule has 0 saturated heterocycles. The van der Waals surface area contributed by atoms with Crippen LogP contribution >= 0.6 is 12.2 Å². The first-order valence-corrected chi connectivity index (χ1v) is 8.25. The predicted octanol–water partition coefficient (Wildman–Crippen LogP) is 2.89. The molecule has 0 radical (unpaired) electrons. The quantitative estimate of drug-likeness (QED) is 0.537. The van der Waals surface area contributed by atoms with Gasteiger partial charge in [0.05, 0.1) is 0 Å². The molecule has 1 N–H and O–H groups in total. The van der Waals surface area contributed by atoms with Gasteiger partial charge in [0.15, 0.2) is 0 Å². The monoisotopic (exact) mass is 353 g/mol. The van der Waals surface area contributed by atoms with Crippen molar-refractivity contribution in [3.8, 4) is 0 Å². The van der Waals surface area contributed by atoms with Crippen LogP contribution in [0.1, 0.15) is 17.0 Å². The summed E-state index contributed by atoms with van der Waals surface area (Å²) in [5.74, 6) is 0.736. The number of nitrogens with one attached hydrogen (secondary N) is 1. The minimum atomic E-state index is 0.226. The van der Waals surface area contributed by atoms with Gasteiger partial charge in [-0.2, -0.15) is 4.98 Å². The molecule has 126 valence electrons. The summed E-state index contributed by atoms with van der Waals surface area (Å²) in [6.07, 6.45) is 1.51. The van der Waals surface area contributed by atoms with Crippen molar-refractivity contribution in [2.45, 2.75) is 19.4 Å². The highest BCUT2D eigenvalue weighted by molar-refractivity contribution is 7.71. The van der Waals surface area contributed by atoms with Gasteiger partial charge in [-0.1, -0.05) is 41.2 Å². The van der Waals surface area contributed by atoms with Gasteiger partial charge in [0.25, 0.3) is 0 Å². The Kier molecular flexibility index (Phi) is 4.26. The number of aromatic nitrogens is 5. The first-order valence-electron chi connectivity index (χ1n) is 7.84. The summed E-state index contributed by atoms with van der Waals surface area (Å²) in [6.45, 7) is 0.437. The fourth-order valence-electron chi connectivity index (χ4n) is 2.54. The van der Waals surface area contributed by atoms with Crippen LogP contribution in [0.3, 0.4) is 0 Å². The zero-order valence-corrected chi connectivity index (χ0v) is 14.1. The number of hydrogen-bond acceptors (Lipinski definition) is 6. The van der Waals surface area contributed by atoms with Crippen molar-refractivity contribution in [3.63, 3.8) is 0 Å². The fraction of sp³-hybridized carbons (Fsp3) is 0.176. The van der Waals surface area contributed by atoms with Gasteiger partial charge in [0.2, 0.25) is 0 Å². The molecule has 0 spiro atoms. The van der Waals surface area contributed by atoms with Crippen molar-refractivity contribution >= 4 is 23.3 Å². The molecule has 4 rings (SSSR count). The normalized spacial score (nSPS) is 11.0. The van der Waals surface area contributed by atoms with Gasteiger partial charge >= 0.3 is 4.84 Å². The highest BCUT2D eigenvalue weighted by atomic mass is 32.1. The van der Waals surface area contributed by atoms with Crippen molar-refractivity contribution in [1.82, 2.24) is 25.3 Å². The maximum atomic E-state index is 5.72. The third-order valence-corrected chi connectivity index (χ3v) is 3.98. The summed E-state index contributed by atoms with van der Waals surface area (Å²) in [4.78, 5) is 11.5. The number of fused-ring (bicyclic) bond motifs is 1. The van der Waals surface area contributed by atoms with Crippen molar-refractivity contribution in [2.24, 2.45) is 0 Å². The van der Waals surface area contributed by atoms with Crippen molar-refractivity contribution < 1.29 is 9.36 Å². The summed E-state index contributed by atoms with van der Waals surface area (Å²) < 4.78 is 4.93. The Hall–Kier alpha value is -3.00. The molecule has 0 aliphatic carbocycles. The fourth-order valence-corrected chi connectivity index (χ4v) is 2.69. The third-order valence-electron chi connectivity index (χ3n) is 3.81. The second-order valence-corrected chi connectivity index (χ2v) is 5.92. The van der Waals surface area contributed by atoms with Crippen LogP contribution in [0.25, 0.3) is 11.0 Å². The smallest absolute Gasteiger partial charge is 0.314 e. The topological polar surface area (TPSA) is 81.8 Å². The lowest BCUT2D eigenvalue weighted by Gasteiger charge is -2.05. The van der Waals surface area contributed by atoms with E-state index in [0.717, 1.165) is 34.4 Å². The molecule has 2 aromatic heterocycles. The number of aromatic amines is 1. The van der Waals surface area contributed by atoms with Gasteiger partial charge in [-0.25, -0.2) is 5.16 Å². The molecule has 7 nitrogen and oxygen atoms in total. The average molecular weight is 353 g/mol. The summed E-state index contributed by atoms with van der Waals surface area (Å²) >= 11 is 4.85. The molecule has 0 saturated carbocycles. The third kappa shape index (κ3) is 3.58. The maximum absolute atomic E-state index is 5.72. The van der Waals surface area contributed by atoms with E-state index in [4.69, 9.17) is 21.6 Å². The van der Waals surface area contributed by atoms with Gasteiger partial charge in [0.1, 0.15) is 23.5 Å². The van der Waals surface area contributed by atoms with Crippen LogP contribution in [0.5, 0.6) is 0 Å². The molecule has 25 heavy (non-hydrogen) atoms. The molecule has 0 unspecified atom stereocenters. The van der Waals surface area contributed by atoms with Crippen molar-refractivity contribution in [2.75, 3.05) is 0 Å². The van der Waals surface area contributed by atoms with Gasteiger partial charge in [-0.05, 0) is 47.1 Å². The summed E-state index contributed by atoms with van der Waals surface area (Å²) in [6, 6.07) is 15.9. The predicted molar refractivity (Wildman–Crippen MR) is 93.3 cm³/mol. The lowest BCUT2D eigenvalue weighted by Crippen LogP contribution is -2.12. The minimum absolute atomic E-state index is 0.226. The molecule has 0 atom stereocenters. The molecule has 8 heteroatoms. The van der Waals surface area contributed by atoms with Crippen LogP contribution < -0.4 is 4.84 Å². The standard InChI is InChI=1S/C17H15N5O2S/c25-17-18-16(20-24-17)9-7-12-6-8-15-14(10-12)19-21-22(15)23-11-13-4-2-1-3-5-13/h1-6,8,10H,7,9,11H2,(H,18,20,25). The van der Waals surface area contributed by atoms with Crippen LogP contribution in [0.2, 0.25) is 0 Å². The van der Waals surface area contributed by atoms with Crippen LogP contribution in [0, 0.1) is 4.84 Å². The van der Waals surface area contributed by atoms with E-state index in [9.17, 15) is 0 Å². The van der Waals surface area contributed by atoms with E-state index >= 15 is 0 Å². The molecular formula is C17H15N5O2S. The molecule has 4 aromatic rings. The lowest BCUT2D eigenvalue weighted by atomic mass is 10.1. The number of H-pyrrole nitrogens is 1. The second kappa shape index (κ2) is 6.86. The number of aryl methyl sites for hydroxylation is 2. The molecule has 0 bridgehead atoms. The van der Waals surface area contributed by atoms with Gasteiger partial charge in [-0.15, -0.1) is 5.10 Å². The largest absolute Gasteiger partial charge is 0.390 e. The second-order valence-electron chi connectivity index (χ2n) is 5.57. The summed E-state index contributed by atoms with van der Waals surface area (Å²) in [5, 5.41) is 11.0. The highest BCUT2D eigenvalue weighted by Gasteiger charge is 2.08. The van der Waals surface area contributed by atoms with Crippen LogP contribution in [-0.2, 0) is 19.4 Å². The number of nitrogens with zero attached hydrogens (tertiary/aromatic N) is 4. The molecule has 2 aromatic carbocycles.